The number of rotatable bonds is 5. The van der Waals surface area contributed by atoms with Gasteiger partial charge in [-0.1, -0.05) is 37.8 Å². The fraction of sp³-hybridized carbons (Fsp3) is 0.742. The lowest BCUT2D eigenvalue weighted by atomic mass is 9.68. The Hall–Kier alpha value is -1.92. The van der Waals surface area contributed by atoms with E-state index in [1.54, 1.807) is 0 Å². The Balaban J connectivity index is 1.18. The van der Waals surface area contributed by atoms with Gasteiger partial charge >= 0.3 is 5.97 Å². The number of para-hydroxylation sites is 2. The van der Waals surface area contributed by atoms with Gasteiger partial charge in [-0.15, -0.1) is 0 Å². The lowest BCUT2D eigenvalue weighted by Crippen LogP contribution is -2.58. The number of benzene rings is 1. The summed E-state index contributed by atoms with van der Waals surface area (Å²) in [4.78, 5) is 21.9. The van der Waals surface area contributed by atoms with Gasteiger partial charge in [-0.3, -0.25) is 14.6 Å². The molecule has 4 bridgehead atoms. The smallest absolute Gasteiger partial charge is 0.317 e. The summed E-state index contributed by atoms with van der Waals surface area (Å²) in [6, 6.07) is 11.5. The summed E-state index contributed by atoms with van der Waals surface area (Å²) < 4.78 is 2.64. The average molecular weight is 505 g/mol. The van der Waals surface area contributed by atoms with E-state index in [0.717, 1.165) is 49.3 Å². The van der Waals surface area contributed by atoms with Crippen molar-refractivity contribution in [3.05, 3.63) is 30.1 Å². The van der Waals surface area contributed by atoms with Crippen LogP contribution in [-0.4, -0.2) is 68.2 Å². The van der Waals surface area contributed by atoms with Crippen LogP contribution in [0.2, 0.25) is 0 Å². The molecule has 7 atom stereocenters. The molecule has 6 heteroatoms. The lowest BCUT2D eigenvalue weighted by Gasteiger charge is -2.55. The molecule has 3 aliphatic heterocycles. The molecule has 37 heavy (non-hydrogen) atoms. The van der Waals surface area contributed by atoms with E-state index >= 15 is 0 Å². The Labute approximate surface area is 221 Å². The molecule has 4 heterocycles. The van der Waals surface area contributed by atoms with E-state index in [0.29, 0.717) is 24.0 Å². The van der Waals surface area contributed by atoms with E-state index in [1.165, 1.54) is 82.0 Å². The molecule has 2 unspecified atom stereocenters. The molecule has 2 aromatic rings. The number of hydrogen-bond acceptors (Lipinski definition) is 4. The maximum atomic E-state index is 11.4. The fourth-order valence-electron chi connectivity index (χ4n) is 9.47. The van der Waals surface area contributed by atoms with Crippen molar-refractivity contribution in [1.29, 1.82) is 0 Å². The van der Waals surface area contributed by atoms with Crippen molar-refractivity contribution in [2.75, 3.05) is 19.6 Å². The van der Waals surface area contributed by atoms with Gasteiger partial charge in [0.15, 0.2) is 0 Å². The molecule has 0 spiro atoms. The van der Waals surface area contributed by atoms with E-state index in [-0.39, 0.29) is 6.54 Å². The molecule has 1 aromatic heterocycles. The largest absolute Gasteiger partial charge is 0.480 e. The number of piperidine rings is 3. The molecule has 200 valence electrons. The highest BCUT2D eigenvalue weighted by Gasteiger charge is 2.45. The number of aliphatic carboxylic acids is 1. The summed E-state index contributed by atoms with van der Waals surface area (Å²) in [5.41, 5.74) is 2.40. The highest BCUT2D eigenvalue weighted by atomic mass is 16.4. The Morgan fingerprint density at radius 3 is 2.32 bits per heavy atom. The van der Waals surface area contributed by atoms with Crippen LogP contribution >= 0.6 is 0 Å². The molecule has 7 rings (SSSR count). The summed E-state index contributed by atoms with van der Waals surface area (Å²) in [6.07, 6.45) is 17.6. The first-order valence-electron chi connectivity index (χ1n) is 15.3. The summed E-state index contributed by atoms with van der Waals surface area (Å²) in [5, 5.41) is 9.40. The van der Waals surface area contributed by atoms with Crippen molar-refractivity contribution in [2.45, 2.75) is 114 Å². The molecule has 1 aromatic carbocycles. The number of nitrogens with zero attached hydrogens (tertiary/aromatic N) is 4. The first-order chi connectivity index (χ1) is 18.1. The molecule has 0 amide bonds. The number of carboxylic acids is 1. The average Bonchev–Trinajstić information content (AvgIpc) is 3.27. The van der Waals surface area contributed by atoms with Crippen LogP contribution in [0.5, 0.6) is 0 Å². The van der Waals surface area contributed by atoms with E-state index < -0.39 is 5.97 Å². The first-order valence-corrected chi connectivity index (χ1v) is 15.3. The van der Waals surface area contributed by atoms with Crippen molar-refractivity contribution in [3.63, 3.8) is 0 Å². The SMILES string of the molecule is O=C(O)CN1CCC[C@@H](c2nc3ccccc3n2C2C[C@H]3CCC[C@@H](C2)N3C2C[C@H]3CCC[C@@H](C2)C3)C1. The van der Waals surface area contributed by atoms with Gasteiger partial charge in [-0.25, -0.2) is 4.98 Å². The number of fused-ring (bicyclic) bond motifs is 5. The molecule has 6 nitrogen and oxygen atoms in total. The Morgan fingerprint density at radius 1 is 0.838 bits per heavy atom. The molecule has 5 aliphatic rings. The minimum absolute atomic E-state index is 0.142. The number of carboxylic acid groups (broad SMARTS) is 1. The standard InChI is InChI=1S/C31H44N4O2/c36-30(37)20-33-13-5-8-23(19-33)31-32-28-11-1-2-12-29(28)35(31)27-17-24-9-4-10-25(18-27)34(24)26-15-21-6-3-7-22(14-21)16-26/h1-2,11-12,21-27H,3-10,13-20H2,(H,36,37)/t21-,22+,23-,24-,25+,26?,27?/m1/s1. The van der Waals surface area contributed by atoms with Crippen molar-refractivity contribution >= 4 is 17.0 Å². The predicted octanol–water partition coefficient (Wildman–Crippen LogP) is 5.83. The van der Waals surface area contributed by atoms with Gasteiger partial charge in [0, 0.05) is 36.6 Å². The summed E-state index contributed by atoms with van der Waals surface area (Å²) >= 11 is 0. The third-order valence-corrected chi connectivity index (χ3v) is 10.7. The molecule has 2 saturated carbocycles. The predicted molar refractivity (Wildman–Crippen MR) is 146 cm³/mol. The Morgan fingerprint density at radius 2 is 1.57 bits per heavy atom. The topological polar surface area (TPSA) is 61.6 Å². The second-order valence-electron chi connectivity index (χ2n) is 13.1. The van der Waals surface area contributed by atoms with Crippen LogP contribution in [0.25, 0.3) is 11.0 Å². The van der Waals surface area contributed by atoms with Crippen LogP contribution in [0, 0.1) is 11.8 Å². The summed E-state index contributed by atoms with van der Waals surface area (Å²) in [6.45, 7) is 1.84. The monoisotopic (exact) mass is 504 g/mol. The van der Waals surface area contributed by atoms with E-state index in [4.69, 9.17) is 4.98 Å². The molecular weight excluding hydrogens is 460 g/mol. The lowest BCUT2D eigenvalue weighted by molar-refractivity contribution is -0.138. The van der Waals surface area contributed by atoms with Crippen molar-refractivity contribution in [3.8, 4) is 0 Å². The van der Waals surface area contributed by atoms with Crippen LogP contribution in [0.1, 0.15) is 101 Å². The summed E-state index contributed by atoms with van der Waals surface area (Å²) in [7, 11) is 0. The van der Waals surface area contributed by atoms with E-state index in [9.17, 15) is 9.90 Å². The number of hydrogen-bond donors (Lipinski definition) is 1. The number of carbonyl (C=O) groups is 1. The maximum Gasteiger partial charge on any atom is 0.317 e. The van der Waals surface area contributed by atoms with Crippen LogP contribution in [0.3, 0.4) is 0 Å². The molecule has 3 saturated heterocycles. The van der Waals surface area contributed by atoms with Gasteiger partial charge in [-0.05, 0) is 88.3 Å². The Bertz CT molecular complexity index is 1100. The minimum Gasteiger partial charge on any atom is -0.480 e. The van der Waals surface area contributed by atoms with Crippen LogP contribution in [0.4, 0.5) is 0 Å². The van der Waals surface area contributed by atoms with Gasteiger partial charge in [0.2, 0.25) is 0 Å². The van der Waals surface area contributed by atoms with Gasteiger partial charge in [-0.2, -0.15) is 0 Å². The molecule has 0 radical (unpaired) electrons. The van der Waals surface area contributed by atoms with Crippen molar-refractivity contribution < 1.29 is 9.90 Å². The van der Waals surface area contributed by atoms with Crippen LogP contribution < -0.4 is 0 Å². The van der Waals surface area contributed by atoms with Crippen LogP contribution in [-0.2, 0) is 4.79 Å². The van der Waals surface area contributed by atoms with E-state index in [1.807, 2.05) is 0 Å². The molecule has 5 fully saturated rings. The second-order valence-corrected chi connectivity index (χ2v) is 13.1. The molecule has 2 aliphatic carbocycles. The minimum atomic E-state index is -0.721. The van der Waals surface area contributed by atoms with Gasteiger partial charge in [0.1, 0.15) is 5.82 Å². The normalized spacial score (nSPS) is 37.0. The quantitative estimate of drug-likeness (QED) is 0.555. The maximum absolute atomic E-state index is 11.4. The number of imidazole rings is 1. The zero-order chi connectivity index (χ0) is 24.9. The third-order valence-electron chi connectivity index (χ3n) is 10.7. The summed E-state index contributed by atoms with van der Waals surface area (Å²) in [5.74, 6) is 2.79. The zero-order valence-corrected chi connectivity index (χ0v) is 22.3. The van der Waals surface area contributed by atoms with Crippen molar-refractivity contribution in [1.82, 2.24) is 19.4 Å². The fourth-order valence-corrected chi connectivity index (χ4v) is 9.47. The first kappa shape index (κ1) is 24.1. The highest BCUT2D eigenvalue weighted by molar-refractivity contribution is 5.76. The number of aromatic nitrogens is 2. The van der Waals surface area contributed by atoms with Gasteiger partial charge in [0.25, 0.3) is 0 Å². The van der Waals surface area contributed by atoms with Gasteiger partial charge in [0.05, 0.1) is 17.6 Å². The molecular formula is C31H44N4O2. The van der Waals surface area contributed by atoms with Crippen LogP contribution in [0.15, 0.2) is 24.3 Å². The van der Waals surface area contributed by atoms with E-state index in [2.05, 4.69) is 38.6 Å². The molecule has 1 N–H and O–H groups in total. The Kier molecular flexibility index (Phi) is 6.52. The zero-order valence-electron chi connectivity index (χ0n) is 22.3. The van der Waals surface area contributed by atoms with Gasteiger partial charge < -0.3 is 9.67 Å². The van der Waals surface area contributed by atoms with Crippen molar-refractivity contribution in [2.24, 2.45) is 11.8 Å². The number of likely N-dealkylation sites (tertiary alicyclic amines) is 1. The third kappa shape index (κ3) is 4.63. The highest BCUT2D eigenvalue weighted by Crippen LogP contribution is 2.48. The second kappa shape index (κ2) is 10.00.